The van der Waals surface area contributed by atoms with E-state index in [9.17, 15) is 4.79 Å². The molecule has 0 spiro atoms. The number of hydrogen-bond acceptors (Lipinski definition) is 5. The van der Waals surface area contributed by atoms with Crippen LogP contribution in [0.3, 0.4) is 0 Å². The summed E-state index contributed by atoms with van der Waals surface area (Å²) in [6, 6.07) is 11.0. The number of nitrogens with one attached hydrogen (secondary N) is 2. The zero-order valence-electron chi connectivity index (χ0n) is 18.6. The Labute approximate surface area is 185 Å². The molecule has 2 N–H and O–H groups in total. The molecule has 1 aromatic heterocycles. The van der Waals surface area contributed by atoms with Crippen molar-refractivity contribution in [3.8, 4) is 0 Å². The molecule has 2 aliphatic rings. The molecule has 0 unspecified atom stereocenters. The fourth-order valence-electron chi connectivity index (χ4n) is 4.67. The molecule has 1 aliphatic carbocycles. The van der Waals surface area contributed by atoms with Gasteiger partial charge in [0.05, 0.1) is 17.3 Å². The fourth-order valence-corrected chi connectivity index (χ4v) is 4.67. The molecule has 4 rings (SSSR count). The zero-order chi connectivity index (χ0) is 21.5. The number of nitrogens with zero attached hydrogens (tertiary/aromatic N) is 3. The number of hydrogen-bond donors (Lipinski definition) is 2. The Balaban J connectivity index is 1.47. The predicted octanol–water partition coefficient (Wildman–Crippen LogP) is 4.35. The zero-order valence-corrected chi connectivity index (χ0v) is 18.6. The summed E-state index contributed by atoms with van der Waals surface area (Å²) in [6.07, 6.45) is 11.1. The topological polar surface area (TPSA) is 70.2 Å². The van der Waals surface area contributed by atoms with Crippen molar-refractivity contribution >= 4 is 11.9 Å². The molecule has 1 saturated heterocycles. The SMILES string of the molecule is C[C@H](Nc1ncc(C(=O)N2CCCC2)c(CCNC2CCCCC2)n1)c1ccccc1. The monoisotopic (exact) mass is 421 g/mol. The lowest BCUT2D eigenvalue weighted by molar-refractivity contribution is 0.0790. The van der Waals surface area contributed by atoms with E-state index in [0.29, 0.717) is 17.6 Å². The van der Waals surface area contributed by atoms with E-state index in [0.717, 1.165) is 44.6 Å². The predicted molar refractivity (Wildman–Crippen MR) is 124 cm³/mol. The first kappa shape index (κ1) is 21.8. The van der Waals surface area contributed by atoms with Gasteiger partial charge in [-0.15, -0.1) is 0 Å². The smallest absolute Gasteiger partial charge is 0.257 e. The molecular formula is C25H35N5O. The minimum absolute atomic E-state index is 0.0767. The van der Waals surface area contributed by atoms with Crippen molar-refractivity contribution < 1.29 is 4.79 Å². The average molecular weight is 422 g/mol. The van der Waals surface area contributed by atoms with E-state index in [1.54, 1.807) is 6.20 Å². The molecule has 0 bridgehead atoms. The van der Waals surface area contributed by atoms with Crippen molar-refractivity contribution in [2.75, 3.05) is 25.0 Å². The maximum absolute atomic E-state index is 13.1. The number of carbonyl (C=O) groups excluding carboxylic acids is 1. The highest BCUT2D eigenvalue weighted by atomic mass is 16.2. The lowest BCUT2D eigenvalue weighted by atomic mass is 9.95. The van der Waals surface area contributed by atoms with Crippen molar-refractivity contribution in [1.29, 1.82) is 0 Å². The average Bonchev–Trinajstić information content (AvgIpc) is 3.35. The third-order valence-electron chi connectivity index (χ3n) is 6.54. The van der Waals surface area contributed by atoms with Crippen LogP contribution in [0, 0.1) is 0 Å². The molecular weight excluding hydrogens is 386 g/mol. The van der Waals surface area contributed by atoms with Gasteiger partial charge in [0, 0.05) is 38.3 Å². The lowest BCUT2D eigenvalue weighted by Crippen LogP contribution is -2.33. The number of amides is 1. The molecule has 1 aliphatic heterocycles. The Morgan fingerprint density at radius 1 is 1.10 bits per heavy atom. The summed E-state index contributed by atoms with van der Waals surface area (Å²) >= 11 is 0. The third-order valence-corrected chi connectivity index (χ3v) is 6.54. The van der Waals surface area contributed by atoms with E-state index in [4.69, 9.17) is 4.98 Å². The van der Waals surface area contributed by atoms with Crippen LogP contribution >= 0.6 is 0 Å². The molecule has 1 amide bonds. The Bertz CT molecular complexity index is 844. The minimum Gasteiger partial charge on any atom is -0.348 e. The first-order valence-corrected chi connectivity index (χ1v) is 11.9. The molecule has 166 valence electrons. The third kappa shape index (κ3) is 5.82. The van der Waals surface area contributed by atoms with E-state index < -0.39 is 0 Å². The maximum Gasteiger partial charge on any atom is 0.257 e. The molecule has 0 radical (unpaired) electrons. The van der Waals surface area contributed by atoms with Gasteiger partial charge in [-0.1, -0.05) is 49.6 Å². The van der Waals surface area contributed by atoms with Crippen molar-refractivity contribution in [2.45, 2.75) is 70.4 Å². The molecule has 2 aromatic rings. The van der Waals surface area contributed by atoms with E-state index >= 15 is 0 Å². The molecule has 1 saturated carbocycles. The summed E-state index contributed by atoms with van der Waals surface area (Å²) in [5.74, 6) is 0.662. The maximum atomic E-state index is 13.1. The number of carbonyl (C=O) groups is 1. The Hall–Kier alpha value is -2.47. The number of rotatable bonds is 8. The fraction of sp³-hybridized carbons (Fsp3) is 0.560. The second-order valence-electron chi connectivity index (χ2n) is 8.87. The van der Waals surface area contributed by atoms with Gasteiger partial charge in [0.2, 0.25) is 5.95 Å². The number of aromatic nitrogens is 2. The summed E-state index contributed by atoms with van der Waals surface area (Å²) in [6.45, 7) is 4.62. The van der Waals surface area contributed by atoms with Gasteiger partial charge in [-0.2, -0.15) is 0 Å². The van der Waals surface area contributed by atoms with Crippen LogP contribution < -0.4 is 10.6 Å². The molecule has 2 fully saturated rings. The van der Waals surface area contributed by atoms with Crippen LogP contribution in [0.15, 0.2) is 36.5 Å². The van der Waals surface area contributed by atoms with Crippen LogP contribution in [0.4, 0.5) is 5.95 Å². The van der Waals surface area contributed by atoms with E-state index in [1.807, 2.05) is 23.1 Å². The summed E-state index contributed by atoms with van der Waals surface area (Å²) in [4.78, 5) is 24.3. The number of anilines is 1. The van der Waals surface area contributed by atoms with Crippen molar-refractivity contribution in [3.05, 3.63) is 53.3 Å². The van der Waals surface area contributed by atoms with E-state index in [-0.39, 0.29) is 11.9 Å². The van der Waals surface area contributed by atoms with E-state index in [1.165, 1.54) is 37.7 Å². The molecule has 31 heavy (non-hydrogen) atoms. The van der Waals surface area contributed by atoms with Gasteiger partial charge in [-0.05, 0) is 38.2 Å². The Morgan fingerprint density at radius 2 is 1.84 bits per heavy atom. The van der Waals surface area contributed by atoms with Gasteiger partial charge in [-0.25, -0.2) is 9.97 Å². The highest BCUT2D eigenvalue weighted by Gasteiger charge is 2.24. The van der Waals surface area contributed by atoms with Crippen LogP contribution in [0.5, 0.6) is 0 Å². The quantitative estimate of drug-likeness (QED) is 0.663. The van der Waals surface area contributed by atoms with Crippen LogP contribution in [0.1, 0.15) is 79.5 Å². The van der Waals surface area contributed by atoms with E-state index in [2.05, 4.69) is 34.7 Å². The summed E-state index contributed by atoms with van der Waals surface area (Å²) in [7, 11) is 0. The van der Waals surface area contributed by atoms with Crippen LogP contribution in [-0.2, 0) is 6.42 Å². The summed E-state index contributed by atoms with van der Waals surface area (Å²) in [5.41, 5.74) is 2.69. The lowest BCUT2D eigenvalue weighted by Gasteiger charge is -2.23. The standard InChI is InChI=1S/C25H35N5O/c1-19(20-10-4-2-5-11-20)28-25-27-18-22(24(31)30-16-8-9-17-30)23(29-25)14-15-26-21-12-6-3-7-13-21/h2,4-5,10-11,18-19,21,26H,3,6-9,12-17H2,1H3,(H,27,28,29)/t19-/m0/s1. The first-order chi connectivity index (χ1) is 15.2. The van der Waals surface area contributed by atoms with Crippen molar-refractivity contribution in [1.82, 2.24) is 20.2 Å². The number of benzene rings is 1. The molecule has 6 nitrogen and oxygen atoms in total. The van der Waals surface area contributed by atoms with Gasteiger partial charge in [0.15, 0.2) is 0 Å². The summed E-state index contributed by atoms with van der Waals surface area (Å²) in [5, 5.41) is 7.09. The largest absolute Gasteiger partial charge is 0.348 e. The normalized spacial score (nSPS) is 18.2. The Morgan fingerprint density at radius 3 is 2.58 bits per heavy atom. The molecule has 1 atom stereocenters. The highest BCUT2D eigenvalue weighted by molar-refractivity contribution is 5.95. The van der Waals surface area contributed by atoms with Crippen LogP contribution in [0.2, 0.25) is 0 Å². The number of likely N-dealkylation sites (tertiary alicyclic amines) is 1. The second-order valence-corrected chi connectivity index (χ2v) is 8.87. The van der Waals surface area contributed by atoms with Crippen molar-refractivity contribution in [2.24, 2.45) is 0 Å². The molecule has 2 heterocycles. The van der Waals surface area contributed by atoms with Crippen LogP contribution in [0.25, 0.3) is 0 Å². The van der Waals surface area contributed by atoms with Gasteiger partial charge < -0.3 is 15.5 Å². The molecule has 1 aromatic carbocycles. The second kappa shape index (κ2) is 10.7. The minimum atomic E-state index is 0.0767. The van der Waals surface area contributed by atoms with Gasteiger partial charge in [0.1, 0.15) is 0 Å². The first-order valence-electron chi connectivity index (χ1n) is 11.9. The van der Waals surface area contributed by atoms with Gasteiger partial charge >= 0.3 is 0 Å². The summed E-state index contributed by atoms with van der Waals surface area (Å²) < 4.78 is 0. The van der Waals surface area contributed by atoms with Gasteiger partial charge in [0.25, 0.3) is 5.91 Å². The highest BCUT2D eigenvalue weighted by Crippen LogP contribution is 2.21. The molecule has 6 heteroatoms. The van der Waals surface area contributed by atoms with Crippen LogP contribution in [-0.4, -0.2) is 46.5 Å². The van der Waals surface area contributed by atoms with Crippen molar-refractivity contribution in [3.63, 3.8) is 0 Å². The Kier molecular flexibility index (Phi) is 7.52. The van der Waals surface area contributed by atoms with Gasteiger partial charge in [-0.3, -0.25) is 4.79 Å².